The van der Waals surface area contributed by atoms with Gasteiger partial charge in [-0.1, -0.05) is 0 Å². The zero-order chi connectivity index (χ0) is 15.4. The molecule has 2 heterocycles. The van der Waals surface area contributed by atoms with Gasteiger partial charge in [-0.3, -0.25) is 4.98 Å². The molecule has 1 aliphatic rings. The van der Waals surface area contributed by atoms with Crippen molar-refractivity contribution in [1.29, 1.82) is 0 Å². The van der Waals surface area contributed by atoms with Crippen LogP contribution in [0.15, 0.2) is 53.7 Å². The van der Waals surface area contributed by atoms with Crippen LogP contribution in [0.5, 0.6) is 0 Å². The van der Waals surface area contributed by atoms with E-state index in [1.165, 1.54) is 12.8 Å². The van der Waals surface area contributed by atoms with Crippen LogP contribution in [0.3, 0.4) is 0 Å². The number of sulfonamides is 1. The topological polar surface area (TPSA) is 62.3 Å². The van der Waals surface area contributed by atoms with E-state index in [4.69, 9.17) is 0 Å². The predicted octanol–water partition coefficient (Wildman–Crippen LogP) is 2.16. The van der Waals surface area contributed by atoms with Crippen molar-refractivity contribution in [3.8, 4) is 0 Å². The molecule has 0 bridgehead atoms. The molecular weight excluding hydrogens is 298 g/mol. The van der Waals surface area contributed by atoms with Gasteiger partial charge in [0.1, 0.15) is 0 Å². The molecule has 0 saturated carbocycles. The number of nitrogens with zero attached hydrogens (tertiary/aromatic N) is 2. The number of pyridine rings is 1. The molecule has 22 heavy (non-hydrogen) atoms. The highest BCUT2D eigenvalue weighted by molar-refractivity contribution is 7.89. The smallest absolute Gasteiger partial charge is 0.240 e. The van der Waals surface area contributed by atoms with Crippen LogP contribution in [0, 0.1) is 0 Å². The second-order valence-corrected chi connectivity index (χ2v) is 7.14. The molecule has 6 heteroatoms. The first-order chi connectivity index (χ1) is 10.6. The summed E-state index contributed by atoms with van der Waals surface area (Å²) in [5.41, 5.74) is 1.97. The summed E-state index contributed by atoms with van der Waals surface area (Å²) in [5, 5.41) is 0. The molecule has 116 valence electrons. The number of anilines is 1. The van der Waals surface area contributed by atoms with Gasteiger partial charge in [-0.15, -0.1) is 0 Å². The minimum absolute atomic E-state index is 0.263. The van der Waals surface area contributed by atoms with E-state index in [0.29, 0.717) is 4.90 Å². The van der Waals surface area contributed by atoms with Crippen molar-refractivity contribution in [3.63, 3.8) is 0 Å². The normalized spacial score (nSPS) is 15.2. The molecule has 5 nitrogen and oxygen atoms in total. The lowest BCUT2D eigenvalue weighted by Gasteiger charge is -2.17. The third-order valence-electron chi connectivity index (χ3n) is 3.83. The second-order valence-electron chi connectivity index (χ2n) is 5.37. The maximum absolute atomic E-state index is 12.3. The summed E-state index contributed by atoms with van der Waals surface area (Å²) in [5.74, 6) is 0. The van der Waals surface area contributed by atoms with E-state index in [0.717, 1.165) is 24.3 Å². The summed E-state index contributed by atoms with van der Waals surface area (Å²) in [6, 6.07) is 10.7. The first kappa shape index (κ1) is 15.0. The molecule has 0 atom stereocenters. The molecule has 1 fully saturated rings. The summed E-state index contributed by atoms with van der Waals surface area (Å²) in [6.07, 6.45) is 5.70. The molecule has 1 aromatic carbocycles. The van der Waals surface area contributed by atoms with Gasteiger partial charge in [0.25, 0.3) is 0 Å². The SMILES string of the molecule is O=S(=O)(NCc1ccncc1)c1ccc(N2CCCC2)cc1. The minimum atomic E-state index is -3.49. The van der Waals surface area contributed by atoms with Crippen molar-refractivity contribution in [2.75, 3.05) is 18.0 Å². The molecule has 1 N–H and O–H groups in total. The lowest BCUT2D eigenvalue weighted by Crippen LogP contribution is -2.23. The van der Waals surface area contributed by atoms with E-state index in [-0.39, 0.29) is 6.54 Å². The molecule has 0 unspecified atom stereocenters. The monoisotopic (exact) mass is 317 g/mol. The fourth-order valence-corrected chi connectivity index (χ4v) is 3.59. The standard InChI is InChI=1S/C16H19N3O2S/c20-22(21,18-13-14-7-9-17-10-8-14)16-5-3-15(4-6-16)19-11-1-2-12-19/h3-10,18H,1-2,11-13H2. The molecule has 0 spiro atoms. The van der Waals surface area contributed by atoms with E-state index in [1.807, 2.05) is 12.1 Å². The van der Waals surface area contributed by atoms with Crippen molar-refractivity contribution in [2.45, 2.75) is 24.3 Å². The van der Waals surface area contributed by atoms with Gasteiger partial charge in [0, 0.05) is 37.7 Å². The van der Waals surface area contributed by atoms with Crippen LogP contribution in [0.2, 0.25) is 0 Å². The molecule has 0 aliphatic carbocycles. The Morgan fingerprint density at radius 1 is 1.00 bits per heavy atom. The Bertz CT molecular complexity index is 709. The lowest BCUT2D eigenvalue weighted by molar-refractivity contribution is 0.581. The van der Waals surface area contributed by atoms with Gasteiger partial charge in [0.15, 0.2) is 0 Å². The lowest BCUT2D eigenvalue weighted by atomic mass is 10.3. The average Bonchev–Trinajstić information content (AvgIpc) is 3.09. The van der Waals surface area contributed by atoms with Crippen LogP contribution in [0.25, 0.3) is 0 Å². The summed E-state index contributed by atoms with van der Waals surface area (Å²) in [4.78, 5) is 6.49. The maximum atomic E-state index is 12.3. The molecule has 3 rings (SSSR count). The number of hydrogen-bond donors (Lipinski definition) is 1. The van der Waals surface area contributed by atoms with Crippen molar-refractivity contribution >= 4 is 15.7 Å². The van der Waals surface area contributed by atoms with Crippen molar-refractivity contribution in [3.05, 3.63) is 54.4 Å². The Morgan fingerprint density at radius 2 is 1.64 bits per heavy atom. The number of hydrogen-bond acceptors (Lipinski definition) is 4. The molecule has 1 aromatic heterocycles. The van der Waals surface area contributed by atoms with E-state index in [1.54, 1.807) is 36.7 Å². The second kappa shape index (κ2) is 6.46. The largest absolute Gasteiger partial charge is 0.372 e. The van der Waals surface area contributed by atoms with Crippen LogP contribution in [-0.4, -0.2) is 26.5 Å². The van der Waals surface area contributed by atoms with Crippen molar-refractivity contribution < 1.29 is 8.42 Å². The third kappa shape index (κ3) is 3.45. The van der Waals surface area contributed by atoms with E-state index < -0.39 is 10.0 Å². The van der Waals surface area contributed by atoms with Crippen LogP contribution >= 0.6 is 0 Å². The molecule has 0 radical (unpaired) electrons. The fraction of sp³-hybridized carbons (Fsp3) is 0.312. The van der Waals surface area contributed by atoms with Crippen molar-refractivity contribution in [1.82, 2.24) is 9.71 Å². The highest BCUT2D eigenvalue weighted by Gasteiger charge is 2.16. The van der Waals surface area contributed by atoms with Crippen molar-refractivity contribution in [2.24, 2.45) is 0 Å². The predicted molar refractivity (Wildman–Crippen MR) is 86.2 cm³/mol. The first-order valence-electron chi connectivity index (χ1n) is 7.39. The van der Waals surface area contributed by atoms with E-state index >= 15 is 0 Å². The number of rotatable bonds is 5. The molecule has 2 aromatic rings. The molecular formula is C16H19N3O2S. The highest BCUT2D eigenvalue weighted by atomic mass is 32.2. The number of nitrogens with one attached hydrogen (secondary N) is 1. The molecule has 0 amide bonds. The fourth-order valence-electron chi connectivity index (χ4n) is 2.57. The zero-order valence-corrected chi connectivity index (χ0v) is 13.1. The average molecular weight is 317 g/mol. The van der Waals surface area contributed by atoms with E-state index in [2.05, 4.69) is 14.6 Å². The number of benzene rings is 1. The van der Waals surface area contributed by atoms with Gasteiger partial charge in [-0.05, 0) is 54.8 Å². The van der Waals surface area contributed by atoms with Crippen LogP contribution < -0.4 is 9.62 Å². The summed E-state index contributed by atoms with van der Waals surface area (Å²) in [6.45, 7) is 2.36. The van der Waals surface area contributed by atoms with Gasteiger partial charge in [0.2, 0.25) is 10.0 Å². The molecule has 1 aliphatic heterocycles. The Hall–Kier alpha value is -1.92. The Balaban J connectivity index is 1.69. The summed E-state index contributed by atoms with van der Waals surface area (Å²) in [7, 11) is -3.49. The van der Waals surface area contributed by atoms with Gasteiger partial charge >= 0.3 is 0 Å². The van der Waals surface area contributed by atoms with Gasteiger partial charge in [0.05, 0.1) is 4.90 Å². The van der Waals surface area contributed by atoms with E-state index in [9.17, 15) is 8.42 Å². The quantitative estimate of drug-likeness (QED) is 0.918. The third-order valence-corrected chi connectivity index (χ3v) is 5.25. The Kier molecular flexibility index (Phi) is 4.40. The van der Waals surface area contributed by atoms with Gasteiger partial charge < -0.3 is 4.90 Å². The van der Waals surface area contributed by atoms with Gasteiger partial charge in [-0.25, -0.2) is 13.1 Å². The Morgan fingerprint density at radius 3 is 2.27 bits per heavy atom. The summed E-state index contributed by atoms with van der Waals surface area (Å²) < 4.78 is 27.2. The van der Waals surface area contributed by atoms with Crippen LogP contribution in [0.1, 0.15) is 18.4 Å². The van der Waals surface area contributed by atoms with Crippen LogP contribution in [0.4, 0.5) is 5.69 Å². The first-order valence-corrected chi connectivity index (χ1v) is 8.87. The van der Waals surface area contributed by atoms with Crippen LogP contribution in [-0.2, 0) is 16.6 Å². The highest BCUT2D eigenvalue weighted by Crippen LogP contribution is 2.22. The zero-order valence-electron chi connectivity index (χ0n) is 12.3. The summed E-state index contributed by atoms with van der Waals surface area (Å²) >= 11 is 0. The maximum Gasteiger partial charge on any atom is 0.240 e. The molecule has 1 saturated heterocycles. The van der Waals surface area contributed by atoms with Gasteiger partial charge in [-0.2, -0.15) is 0 Å². The minimum Gasteiger partial charge on any atom is -0.372 e. The Labute approximate surface area is 131 Å². The number of aromatic nitrogens is 1.